The third-order valence-corrected chi connectivity index (χ3v) is 11.2. The number of phenolic OH excluding ortho intramolecular Hbond substituents is 1. The van der Waals surface area contributed by atoms with Gasteiger partial charge in [0.2, 0.25) is 0 Å². The predicted octanol–water partition coefficient (Wildman–Crippen LogP) is 6.58. The number of hydrogen-bond donors (Lipinski definition) is 6. The molecule has 6 aromatic rings. The zero-order chi connectivity index (χ0) is 37.3. The maximum Gasteiger partial charge on any atom is 0.298 e. The van der Waals surface area contributed by atoms with E-state index in [4.69, 9.17) is 5.53 Å². The molecule has 0 amide bonds. The van der Waals surface area contributed by atoms with E-state index < -0.39 is 71.5 Å². The molecule has 6 rings (SSSR count). The molecule has 6 N–H and O–H groups in total. The van der Waals surface area contributed by atoms with Crippen LogP contribution in [0.3, 0.4) is 0 Å². The second-order valence-electron chi connectivity index (χ2n) is 10.9. The number of rotatable bonds is 8. The molecule has 0 aliphatic heterocycles. The molecule has 0 atom stereocenters. The molecule has 6 aromatic carbocycles. The maximum atomic E-state index is 12.3. The molecule has 0 bridgehead atoms. The van der Waals surface area contributed by atoms with Crippen LogP contribution in [0.1, 0.15) is 0 Å². The Bertz CT molecular complexity index is 3000. The second kappa shape index (κ2) is 12.2. The summed E-state index contributed by atoms with van der Waals surface area (Å²) in [4.78, 5) is -3.26. The lowest BCUT2D eigenvalue weighted by Gasteiger charge is -2.14. The van der Waals surface area contributed by atoms with E-state index in [2.05, 4.69) is 15.3 Å². The molecule has 17 nitrogen and oxygen atoms in total. The fourth-order valence-electron chi connectivity index (χ4n) is 5.49. The highest BCUT2D eigenvalue weighted by atomic mass is 32.2. The van der Waals surface area contributed by atoms with Crippen LogP contribution in [0.4, 0.5) is 17.1 Å². The van der Waals surface area contributed by atoms with Gasteiger partial charge in [-0.1, -0.05) is 42.5 Å². The average Bonchev–Trinajstić information content (AvgIpc) is 3.04. The largest absolute Gasteiger partial charge is 0.504 e. The molecule has 0 aliphatic rings. The summed E-state index contributed by atoms with van der Waals surface area (Å²) in [5.74, 6) is -1.05. The molecule has 0 spiro atoms. The smallest absolute Gasteiger partial charge is 0.298 e. The number of phenols is 1. The van der Waals surface area contributed by atoms with Crippen molar-refractivity contribution in [1.29, 1.82) is 5.53 Å². The number of benzene rings is 6. The Balaban J connectivity index is 1.59. The molecule has 262 valence electrons. The molecule has 0 saturated carbocycles. The van der Waals surface area contributed by atoms with Gasteiger partial charge in [0, 0.05) is 16.2 Å². The highest BCUT2D eigenvalue weighted by Crippen LogP contribution is 2.46. The van der Waals surface area contributed by atoms with Crippen LogP contribution in [0.5, 0.6) is 5.75 Å². The third-order valence-electron chi connectivity index (χ3n) is 7.74. The standard InChI is InChI=1S/C30H20N4O13S4/c31-32-25-14-23(16-6-5-15-9-19(49(39,40)41)13-26(24(15)11-16)50(42,43)44)21-3-1-2-4-22(21)28(25)33-34-29-20-8-7-18(48(36,37)38)10-17(20)12-27(30(29)35)51(45,46)47/h1-14,31,35H,(H,36,37,38)(H,39,40,41)(H,42,43,44)(H,45,46,47). The molecule has 0 fully saturated rings. The van der Waals surface area contributed by atoms with Crippen LogP contribution in [0.25, 0.3) is 43.4 Å². The summed E-state index contributed by atoms with van der Waals surface area (Å²) in [6.07, 6.45) is 0. The Morgan fingerprint density at radius 3 is 1.73 bits per heavy atom. The van der Waals surface area contributed by atoms with Crippen LogP contribution in [0, 0.1) is 5.53 Å². The quantitative estimate of drug-likeness (QED) is 0.0704. The number of fused-ring (bicyclic) bond motifs is 3. The van der Waals surface area contributed by atoms with Crippen molar-refractivity contribution in [3.63, 3.8) is 0 Å². The number of aromatic hydroxyl groups is 1. The van der Waals surface area contributed by atoms with Gasteiger partial charge in [0.15, 0.2) is 5.75 Å². The van der Waals surface area contributed by atoms with Gasteiger partial charge in [0.1, 0.15) is 26.9 Å². The van der Waals surface area contributed by atoms with Crippen molar-refractivity contribution >= 4 is 89.9 Å². The first kappa shape index (κ1) is 35.6. The van der Waals surface area contributed by atoms with Crippen molar-refractivity contribution in [2.75, 3.05) is 0 Å². The van der Waals surface area contributed by atoms with Crippen LogP contribution >= 0.6 is 0 Å². The van der Waals surface area contributed by atoms with Crippen LogP contribution in [0.2, 0.25) is 0 Å². The summed E-state index contributed by atoms with van der Waals surface area (Å²) in [6, 6.07) is 17.2. The molecular formula is C30H20N4O13S4. The molecular weight excluding hydrogens is 753 g/mol. The van der Waals surface area contributed by atoms with Crippen molar-refractivity contribution in [1.82, 2.24) is 0 Å². The van der Waals surface area contributed by atoms with E-state index >= 15 is 0 Å². The van der Waals surface area contributed by atoms with Crippen molar-refractivity contribution in [3.05, 3.63) is 84.9 Å². The number of hydrogen-bond acceptors (Lipinski definition) is 13. The number of azo groups is 1. The summed E-state index contributed by atoms with van der Waals surface area (Å²) < 4.78 is 134. The molecule has 21 heteroatoms. The van der Waals surface area contributed by atoms with Gasteiger partial charge in [0.25, 0.3) is 40.5 Å². The summed E-state index contributed by atoms with van der Waals surface area (Å²) in [6.45, 7) is 0. The third kappa shape index (κ3) is 6.66. The van der Waals surface area contributed by atoms with Crippen molar-refractivity contribution in [2.45, 2.75) is 19.6 Å². The van der Waals surface area contributed by atoms with Gasteiger partial charge in [-0.15, -0.1) is 10.2 Å². The Labute approximate surface area is 288 Å². The van der Waals surface area contributed by atoms with Crippen LogP contribution in [0.15, 0.2) is 120 Å². The van der Waals surface area contributed by atoms with Crippen LogP contribution in [-0.4, -0.2) is 57.0 Å². The Kier molecular flexibility index (Phi) is 8.51. The Hall–Kier alpha value is -5.26. The highest BCUT2D eigenvalue weighted by molar-refractivity contribution is 7.87. The van der Waals surface area contributed by atoms with Gasteiger partial charge in [-0.25, -0.2) is 5.53 Å². The van der Waals surface area contributed by atoms with Gasteiger partial charge in [-0.2, -0.15) is 38.8 Å². The van der Waals surface area contributed by atoms with Gasteiger partial charge in [-0.05, 0) is 69.8 Å². The first-order valence-corrected chi connectivity index (χ1v) is 19.6. The van der Waals surface area contributed by atoms with Crippen molar-refractivity contribution in [3.8, 4) is 16.9 Å². The molecule has 0 saturated heterocycles. The van der Waals surface area contributed by atoms with E-state index in [0.717, 1.165) is 30.3 Å². The predicted molar refractivity (Wildman–Crippen MR) is 181 cm³/mol. The SMILES string of the molecule is N=Nc1cc(-c2ccc3cc(S(=O)(=O)O)cc(S(=O)(=O)O)c3c2)c2ccccc2c1N=Nc1c(O)c(S(=O)(=O)O)cc2cc(S(=O)(=O)O)ccc12. The van der Waals surface area contributed by atoms with Gasteiger partial charge < -0.3 is 5.11 Å². The number of nitrogens with one attached hydrogen (secondary N) is 1. The topological polar surface area (TPSA) is 299 Å². The minimum Gasteiger partial charge on any atom is -0.504 e. The monoisotopic (exact) mass is 772 g/mol. The lowest BCUT2D eigenvalue weighted by atomic mass is 9.94. The molecule has 0 heterocycles. The van der Waals surface area contributed by atoms with E-state index in [1.807, 2.05) is 0 Å². The summed E-state index contributed by atoms with van der Waals surface area (Å²) in [5.41, 5.74) is 7.77. The zero-order valence-corrected chi connectivity index (χ0v) is 28.3. The van der Waals surface area contributed by atoms with Gasteiger partial charge in [0.05, 0.1) is 9.79 Å². The minimum atomic E-state index is -5.11. The molecule has 0 aromatic heterocycles. The Morgan fingerprint density at radius 2 is 1.12 bits per heavy atom. The van der Waals surface area contributed by atoms with Crippen molar-refractivity contribution in [2.24, 2.45) is 15.3 Å². The number of nitrogens with zero attached hydrogens (tertiary/aromatic N) is 3. The minimum absolute atomic E-state index is 0.0319. The van der Waals surface area contributed by atoms with E-state index in [1.165, 1.54) is 24.3 Å². The fourth-order valence-corrected chi connectivity index (χ4v) is 7.97. The second-order valence-corrected chi connectivity index (χ2v) is 16.5. The molecule has 51 heavy (non-hydrogen) atoms. The van der Waals surface area contributed by atoms with Crippen molar-refractivity contribution < 1.29 is 57.0 Å². The molecule has 0 aliphatic carbocycles. The van der Waals surface area contributed by atoms with E-state index in [-0.39, 0.29) is 38.3 Å². The lowest BCUT2D eigenvalue weighted by Crippen LogP contribution is -2.04. The first-order chi connectivity index (χ1) is 23.7. The highest BCUT2D eigenvalue weighted by Gasteiger charge is 2.24. The van der Waals surface area contributed by atoms with Gasteiger partial charge in [-0.3, -0.25) is 18.2 Å². The van der Waals surface area contributed by atoms with Crippen LogP contribution < -0.4 is 0 Å². The zero-order valence-electron chi connectivity index (χ0n) is 25.1. The van der Waals surface area contributed by atoms with E-state index in [9.17, 15) is 57.0 Å². The maximum absolute atomic E-state index is 12.3. The summed E-state index contributed by atoms with van der Waals surface area (Å²) in [7, 11) is -19.7. The molecule has 0 unspecified atom stereocenters. The average molecular weight is 773 g/mol. The summed E-state index contributed by atoms with van der Waals surface area (Å²) in [5, 5.41) is 23.0. The van der Waals surface area contributed by atoms with E-state index in [1.54, 1.807) is 24.3 Å². The lowest BCUT2D eigenvalue weighted by molar-refractivity contribution is 0.444. The molecule has 0 radical (unpaired) electrons. The fraction of sp³-hybridized carbons (Fsp3) is 0. The Morgan fingerprint density at radius 1 is 0.510 bits per heavy atom. The normalized spacial score (nSPS) is 13.0. The van der Waals surface area contributed by atoms with E-state index in [0.29, 0.717) is 22.6 Å². The van der Waals surface area contributed by atoms with Crippen LogP contribution in [-0.2, 0) is 40.5 Å². The van der Waals surface area contributed by atoms with Gasteiger partial charge >= 0.3 is 0 Å². The first-order valence-electron chi connectivity index (χ1n) is 13.8. The summed E-state index contributed by atoms with van der Waals surface area (Å²) >= 11 is 0.